The average molecular weight is 273 g/mol. The van der Waals surface area contributed by atoms with Gasteiger partial charge in [-0.15, -0.1) is 0 Å². The normalized spacial score (nSPS) is 22.2. The standard InChI is InChI=1S/C18H27NO/c1-14-7-9-15(10-8-14)12-19(4)13-16-6-5-11-18(2,3)17(16)20/h7-10,16H,5-6,11-13H2,1-4H3. The van der Waals surface area contributed by atoms with E-state index >= 15 is 0 Å². The molecule has 20 heavy (non-hydrogen) atoms. The molecule has 1 saturated carbocycles. The van der Waals surface area contributed by atoms with E-state index in [0.717, 1.165) is 25.9 Å². The smallest absolute Gasteiger partial charge is 0.142 e. The van der Waals surface area contributed by atoms with Crippen LogP contribution in [0.4, 0.5) is 0 Å². The summed E-state index contributed by atoms with van der Waals surface area (Å²) in [5.74, 6) is 0.675. The Kier molecular flexibility index (Phi) is 4.64. The molecule has 0 bridgehead atoms. The average Bonchev–Trinajstić information content (AvgIpc) is 2.38. The second-order valence-electron chi connectivity index (χ2n) is 7.02. The van der Waals surface area contributed by atoms with Crippen molar-refractivity contribution in [2.45, 2.75) is 46.6 Å². The van der Waals surface area contributed by atoms with Gasteiger partial charge in [-0.3, -0.25) is 4.79 Å². The molecule has 1 aliphatic carbocycles. The number of hydrogen-bond acceptors (Lipinski definition) is 2. The van der Waals surface area contributed by atoms with Gasteiger partial charge in [0.25, 0.3) is 0 Å². The highest BCUT2D eigenvalue weighted by atomic mass is 16.1. The maximum Gasteiger partial charge on any atom is 0.142 e. The molecular formula is C18H27NO. The van der Waals surface area contributed by atoms with Crippen LogP contribution in [-0.2, 0) is 11.3 Å². The second-order valence-corrected chi connectivity index (χ2v) is 7.02. The molecule has 1 aromatic carbocycles. The van der Waals surface area contributed by atoms with Crippen LogP contribution in [0.2, 0.25) is 0 Å². The maximum atomic E-state index is 12.5. The highest BCUT2D eigenvalue weighted by Gasteiger charge is 2.37. The van der Waals surface area contributed by atoms with Crippen LogP contribution >= 0.6 is 0 Å². The lowest BCUT2D eigenvalue weighted by Gasteiger charge is -2.35. The molecule has 0 heterocycles. The Morgan fingerprint density at radius 3 is 2.55 bits per heavy atom. The summed E-state index contributed by atoms with van der Waals surface area (Å²) in [5, 5.41) is 0. The van der Waals surface area contributed by atoms with Crippen molar-refractivity contribution in [2.75, 3.05) is 13.6 Å². The summed E-state index contributed by atoms with van der Waals surface area (Å²) in [5.41, 5.74) is 2.49. The molecule has 110 valence electrons. The summed E-state index contributed by atoms with van der Waals surface area (Å²) in [6.45, 7) is 8.11. The van der Waals surface area contributed by atoms with Crippen LogP contribution in [0, 0.1) is 18.3 Å². The first-order chi connectivity index (χ1) is 9.38. The van der Waals surface area contributed by atoms with Gasteiger partial charge in [0.15, 0.2) is 0 Å². The number of carbonyl (C=O) groups excluding carboxylic acids is 1. The van der Waals surface area contributed by atoms with Gasteiger partial charge in [-0.05, 0) is 32.4 Å². The Hall–Kier alpha value is -1.15. The first kappa shape index (κ1) is 15.2. The Morgan fingerprint density at radius 2 is 1.90 bits per heavy atom. The van der Waals surface area contributed by atoms with Crippen molar-refractivity contribution in [1.82, 2.24) is 4.90 Å². The predicted molar refractivity (Wildman–Crippen MR) is 83.6 cm³/mol. The van der Waals surface area contributed by atoms with Crippen LogP contribution in [0.3, 0.4) is 0 Å². The van der Waals surface area contributed by atoms with Crippen molar-refractivity contribution in [2.24, 2.45) is 11.3 Å². The van der Waals surface area contributed by atoms with Gasteiger partial charge in [0, 0.05) is 24.4 Å². The number of benzene rings is 1. The molecule has 1 atom stereocenters. The summed E-state index contributed by atoms with van der Waals surface area (Å²) in [7, 11) is 2.12. The number of rotatable bonds is 4. The Bertz CT molecular complexity index is 461. The number of nitrogens with zero attached hydrogens (tertiary/aromatic N) is 1. The van der Waals surface area contributed by atoms with Gasteiger partial charge in [0.2, 0.25) is 0 Å². The van der Waals surface area contributed by atoms with Crippen LogP contribution in [0.15, 0.2) is 24.3 Å². The first-order valence-electron chi connectivity index (χ1n) is 7.67. The topological polar surface area (TPSA) is 20.3 Å². The lowest BCUT2D eigenvalue weighted by Crippen LogP contribution is -2.40. The molecule has 0 aromatic heterocycles. The molecule has 0 saturated heterocycles. The quantitative estimate of drug-likeness (QED) is 0.831. The van der Waals surface area contributed by atoms with Gasteiger partial charge < -0.3 is 4.90 Å². The van der Waals surface area contributed by atoms with Gasteiger partial charge in [-0.25, -0.2) is 0 Å². The second kappa shape index (κ2) is 6.09. The summed E-state index contributed by atoms with van der Waals surface area (Å²) in [6, 6.07) is 8.66. The number of hydrogen-bond donors (Lipinski definition) is 0. The minimum absolute atomic E-state index is 0.117. The summed E-state index contributed by atoms with van der Waals surface area (Å²) in [6.07, 6.45) is 3.28. The Morgan fingerprint density at radius 1 is 1.25 bits per heavy atom. The van der Waals surface area contributed by atoms with E-state index in [1.54, 1.807) is 0 Å². The van der Waals surface area contributed by atoms with E-state index in [9.17, 15) is 4.79 Å². The summed E-state index contributed by atoms with van der Waals surface area (Å²) in [4.78, 5) is 14.7. The van der Waals surface area contributed by atoms with E-state index in [0.29, 0.717) is 5.78 Å². The van der Waals surface area contributed by atoms with E-state index < -0.39 is 0 Å². The van der Waals surface area contributed by atoms with Crippen LogP contribution in [0.1, 0.15) is 44.2 Å². The molecule has 0 N–H and O–H groups in total. The van der Waals surface area contributed by atoms with Crippen molar-refractivity contribution < 1.29 is 4.79 Å². The first-order valence-corrected chi connectivity index (χ1v) is 7.67. The molecule has 1 unspecified atom stereocenters. The lowest BCUT2D eigenvalue weighted by molar-refractivity contribution is -0.134. The zero-order chi connectivity index (χ0) is 14.8. The minimum Gasteiger partial charge on any atom is -0.301 e. The highest BCUT2D eigenvalue weighted by molar-refractivity contribution is 5.87. The van der Waals surface area contributed by atoms with Gasteiger partial charge in [0.05, 0.1) is 0 Å². The van der Waals surface area contributed by atoms with Crippen molar-refractivity contribution in [3.63, 3.8) is 0 Å². The van der Waals surface area contributed by atoms with Gasteiger partial charge in [0.1, 0.15) is 5.78 Å². The van der Waals surface area contributed by atoms with Crippen LogP contribution in [0.25, 0.3) is 0 Å². The number of Topliss-reactive ketones (excluding diaryl/α,β-unsaturated/α-hetero) is 1. The van der Waals surface area contributed by atoms with Gasteiger partial charge >= 0.3 is 0 Å². The molecule has 0 radical (unpaired) electrons. The zero-order valence-electron chi connectivity index (χ0n) is 13.3. The van der Waals surface area contributed by atoms with Gasteiger partial charge in [-0.1, -0.05) is 50.1 Å². The van der Waals surface area contributed by atoms with Crippen molar-refractivity contribution >= 4 is 5.78 Å². The van der Waals surface area contributed by atoms with E-state index in [2.05, 4.69) is 57.0 Å². The van der Waals surface area contributed by atoms with E-state index in [-0.39, 0.29) is 11.3 Å². The summed E-state index contributed by atoms with van der Waals surface area (Å²) < 4.78 is 0. The van der Waals surface area contributed by atoms with E-state index in [1.807, 2.05) is 0 Å². The lowest BCUT2D eigenvalue weighted by atomic mass is 9.71. The molecule has 1 fully saturated rings. The van der Waals surface area contributed by atoms with Crippen molar-refractivity contribution in [1.29, 1.82) is 0 Å². The number of ketones is 1. The largest absolute Gasteiger partial charge is 0.301 e. The predicted octanol–water partition coefficient (Wildman–Crippen LogP) is 3.82. The fourth-order valence-electron chi connectivity index (χ4n) is 3.22. The van der Waals surface area contributed by atoms with Crippen molar-refractivity contribution in [3.05, 3.63) is 35.4 Å². The van der Waals surface area contributed by atoms with Crippen molar-refractivity contribution in [3.8, 4) is 0 Å². The SMILES string of the molecule is Cc1ccc(CN(C)CC2CCCC(C)(C)C2=O)cc1. The minimum atomic E-state index is -0.117. The molecule has 2 nitrogen and oxygen atoms in total. The Balaban J connectivity index is 1.92. The number of carbonyl (C=O) groups is 1. The third-order valence-electron chi connectivity index (χ3n) is 4.50. The molecule has 2 rings (SSSR count). The van der Waals surface area contributed by atoms with E-state index in [1.165, 1.54) is 17.5 Å². The number of aryl methyl sites for hydroxylation is 1. The third kappa shape index (κ3) is 3.69. The van der Waals surface area contributed by atoms with E-state index in [4.69, 9.17) is 0 Å². The maximum absolute atomic E-state index is 12.5. The highest BCUT2D eigenvalue weighted by Crippen LogP contribution is 2.35. The summed E-state index contributed by atoms with van der Waals surface area (Å²) >= 11 is 0. The third-order valence-corrected chi connectivity index (χ3v) is 4.50. The molecule has 1 aromatic rings. The fraction of sp³-hybridized carbons (Fsp3) is 0.611. The zero-order valence-corrected chi connectivity index (χ0v) is 13.3. The molecule has 2 heteroatoms. The monoisotopic (exact) mass is 273 g/mol. The molecule has 0 aliphatic heterocycles. The van der Waals surface area contributed by atoms with Crippen LogP contribution < -0.4 is 0 Å². The van der Waals surface area contributed by atoms with Crippen LogP contribution in [0.5, 0.6) is 0 Å². The fourth-order valence-corrected chi connectivity index (χ4v) is 3.22. The molecule has 1 aliphatic rings. The Labute approximate surface area is 123 Å². The molecule has 0 amide bonds. The molecular weight excluding hydrogens is 246 g/mol. The van der Waals surface area contributed by atoms with Gasteiger partial charge in [-0.2, -0.15) is 0 Å². The molecule has 0 spiro atoms. The van der Waals surface area contributed by atoms with Crippen LogP contribution in [-0.4, -0.2) is 24.3 Å².